The van der Waals surface area contributed by atoms with Gasteiger partial charge in [-0.3, -0.25) is 0 Å². The molecular formula is C20H29N5. The van der Waals surface area contributed by atoms with Gasteiger partial charge in [0.15, 0.2) is 0 Å². The predicted molar refractivity (Wildman–Crippen MR) is 106 cm³/mol. The van der Waals surface area contributed by atoms with Crippen molar-refractivity contribution in [2.75, 3.05) is 41.3 Å². The largest absolute Gasteiger partial charge is 0.372 e. The number of aryl methyl sites for hydroxylation is 1. The van der Waals surface area contributed by atoms with Gasteiger partial charge in [0.1, 0.15) is 17.5 Å². The Labute approximate surface area is 151 Å². The summed E-state index contributed by atoms with van der Waals surface area (Å²) < 4.78 is 0. The number of rotatable bonds is 6. The minimum absolute atomic E-state index is 0.789. The van der Waals surface area contributed by atoms with E-state index in [1.807, 2.05) is 13.0 Å². The van der Waals surface area contributed by atoms with E-state index in [0.29, 0.717) is 0 Å². The van der Waals surface area contributed by atoms with Crippen LogP contribution in [0.25, 0.3) is 0 Å². The van der Waals surface area contributed by atoms with E-state index in [1.165, 1.54) is 38.0 Å². The lowest BCUT2D eigenvalue weighted by Gasteiger charge is -2.28. The number of aromatic nitrogens is 2. The van der Waals surface area contributed by atoms with Gasteiger partial charge < -0.3 is 15.1 Å². The van der Waals surface area contributed by atoms with Gasteiger partial charge in [-0.1, -0.05) is 0 Å². The van der Waals surface area contributed by atoms with Gasteiger partial charge in [0.05, 0.1) is 0 Å². The van der Waals surface area contributed by atoms with Crippen LogP contribution in [-0.2, 0) is 0 Å². The van der Waals surface area contributed by atoms with E-state index in [1.54, 1.807) is 0 Å². The Balaban J connectivity index is 1.73. The van der Waals surface area contributed by atoms with Crippen molar-refractivity contribution in [3.05, 3.63) is 36.2 Å². The summed E-state index contributed by atoms with van der Waals surface area (Å²) in [6.45, 7) is 10.5. The van der Waals surface area contributed by atoms with Gasteiger partial charge in [-0.2, -0.15) is 0 Å². The van der Waals surface area contributed by atoms with Crippen LogP contribution in [0.2, 0.25) is 0 Å². The highest BCUT2D eigenvalue weighted by molar-refractivity contribution is 5.63. The SMILES string of the molecule is CCN(CC)c1cc(Nc2ccc(N3CCCCC3)cc2)nc(C)n1. The lowest BCUT2D eigenvalue weighted by Crippen LogP contribution is -2.29. The molecule has 0 aliphatic carbocycles. The molecule has 2 aromatic rings. The fourth-order valence-electron chi connectivity index (χ4n) is 3.38. The number of piperidine rings is 1. The molecule has 1 aliphatic heterocycles. The Morgan fingerprint density at radius 1 is 1.00 bits per heavy atom. The maximum absolute atomic E-state index is 4.56. The predicted octanol–water partition coefficient (Wildman–Crippen LogP) is 4.37. The maximum atomic E-state index is 4.56. The zero-order valence-corrected chi connectivity index (χ0v) is 15.6. The fourth-order valence-corrected chi connectivity index (χ4v) is 3.38. The van der Waals surface area contributed by atoms with Crippen molar-refractivity contribution in [1.82, 2.24) is 9.97 Å². The molecule has 1 N–H and O–H groups in total. The molecule has 1 aromatic carbocycles. The Hall–Kier alpha value is -2.30. The number of hydrogen-bond acceptors (Lipinski definition) is 5. The molecule has 0 amide bonds. The molecular weight excluding hydrogens is 310 g/mol. The second kappa shape index (κ2) is 8.19. The Bertz CT molecular complexity index is 673. The molecule has 25 heavy (non-hydrogen) atoms. The lowest BCUT2D eigenvalue weighted by atomic mass is 10.1. The van der Waals surface area contributed by atoms with E-state index in [4.69, 9.17) is 0 Å². The minimum Gasteiger partial charge on any atom is -0.372 e. The highest BCUT2D eigenvalue weighted by atomic mass is 15.2. The van der Waals surface area contributed by atoms with Gasteiger partial charge in [0.25, 0.3) is 0 Å². The third kappa shape index (κ3) is 4.41. The van der Waals surface area contributed by atoms with Crippen molar-refractivity contribution in [3.8, 4) is 0 Å². The van der Waals surface area contributed by atoms with Crippen LogP contribution in [0.4, 0.5) is 23.0 Å². The average molecular weight is 339 g/mol. The summed E-state index contributed by atoms with van der Waals surface area (Å²) in [4.78, 5) is 13.8. The highest BCUT2D eigenvalue weighted by Gasteiger charge is 2.11. The van der Waals surface area contributed by atoms with Gasteiger partial charge in [-0.25, -0.2) is 9.97 Å². The topological polar surface area (TPSA) is 44.3 Å². The minimum atomic E-state index is 0.789. The van der Waals surface area contributed by atoms with Crippen molar-refractivity contribution >= 4 is 23.0 Å². The smallest absolute Gasteiger partial charge is 0.136 e. The molecule has 2 heterocycles. The second-order valence-electron chi connectivity index (χ2n) is 6.55. The molecule has 0 unspecified atom stereocenters. The van der Waals surface area contributed by atoms with Gasteiger partial charge in [-0.15, -0.1) is 0 Å². The van der Waals surface area contributed by atoms with Crippen LogP contribution in [0.15, 0.2) is 30.3 Å². The van der Waals surface area contributed by atoms with Crippen LogP contribution in [0.3, 0.4) is 0 Å². The number of hydrogen-bond donors (Lipinski definition) is 1. The third-order valence-electron chi connectivity index (χ3n) is 4.77. The van der Waals surface area contributed by atoms with Crippen LogP contribution >= 0.6 is 0 Å². The van der Waals surface area contributed by atoms with Crippen LogP contribution in [0.5, 0.6) is 0 Å². The Morgan fingerprint density at radius 2 is 1.68 bits per heavy atom. The summed E-state index contributed by atoms with van der Waals surface area (Å²) in [5.41, 5.74) is 2.37. The van der Waals surface area contributed by atoms with Gasteiger partial charge >= 0.3 is 0 Å². The highest BCUT2D eigenvalue weighted by Crippen LogP contribution is 2.24. The first kappa shape index (κ1) is 17.5. The average Bonchev–Trinajstić information content (AvgIpc) is 2.64. The first-order valence-corrected chi connectivity index (χ1v) is 9.42. The zero-order valence-electron chi connectivity index (χ0n) is 15.6. The van der Waals surface area contributed by atoms with Gasteiger partial charge in [0.2, 0.25) is 0 Å². The normalized spacial score (nSPS) is 14.4. The molecule has 1 saturated heterocycles. The van der Waals surface area contributed by atoms with E-state index in [-0.39, 0.29) is 0 Å². The van der Waals surface area contributed by atoms with E-state index in [9.17, 15) is 0 Å². The molecule has 5 nitrogen and oxygen atoms in total. The quantitative estimate of drug-likeness (QED) is 0.847. The van der Waals surface area contributed by atoms with Crippen LogP contribution in [-0.4, -0.2) is 36.1 Å². The van der Waals surface area contributed by atoms with E-state index in [0.717, 1.165) is 36.2 Å². The summed E-state index contributed by atoms with van der Waals surface area (Å²) in [5.74, 6) is 2.61. The molecule has 0 saturated carbocycles. The molecule has 0 bridgehead atoms. The monoisotopic (exact) mass is 339 g/mol. The first-order chi connectivity index (χ1) is 12.2. The number of nitrogens with zero attached hydrogens (tertiary/aromatic N) is 4. The summed E-state index contributed by atoms with van der Waals surface area (Å²) >= 11 is 0. The Morgan fingerprint density at radius 3 is 2.32 bits per heavy atom. The molecule has 1 aromatic heterocycles. The van der Waals surface area contributed by atoms with E-state index in [2.05, 4.69) is 63.2 Å². The van der Waals surface area contributed by atoms with Crippen LogP contribution in [0.1, 0.15) is 38.9 Å². The fraction of sp³-hybridized carbons (Fsp3) is 0.500. The van der Waals surface area contributed by atoms with Crippen molar-refractivity contribution < 1.29 is 0 Å². The number of benzene rings is 1. The lowest BCUT2D eigenvalue weighted by molar-refractivity contribution is 0.578. The second-order valence-corrected chi connectivity index (χ2v) is 6.55. The number of anilines is 4. The van der Waals surface area contributed by atoms with E-state index < -0.39 is 0 Å². The molecule has 1 fully saturated rings. The van der Waals surface area contributed by atoms with E-state index >= 15 is 0 Å². The standard InChI is InChI=1S/C20H29N5/c1-4-24(5-2)20-15-19(21-16(3)22-20)23-17-9-11-18(12-10-17)25-13-7-6-8-14-25/h9-12,15H,4-8,13-14H2,1-3H3,(H,21,22,23). The Kier molecular flexibility index (Phi) is 5.74. The molecule has 0 atom stereocenters. The van der Waals surface area contributed by atoms with Crippen molar-refractivity contribution in [2.24, 2.45) is 0 Å². The van der Waals surface area contributed by atoms with Gasteiger partial charge in [-0.05, 0) is 64.3 Å². The van der Waals surface area contributed by atoms with Crippen molar-refractivity contribution in [2.45, 2.75) is 40.0 Å². The molecule has 3 rings (SSSR count). The van der Waals surface area contributed by atoms with Crippen LogP contribution in [0, 0.1) is 6.92 Å². The number of nitrogens with one attached hydrogen (secondary N) is 1. The molecule has 0 radical (unpaired) electrons. The van der Waals surface area contributed by atoms with Crippen molar-refractivity contribution in [1.29, 1.82) is 0 Å². The molecule has 1 aliphatic rings. The molecule has 134 valence electrons. The summed E-state index contributed by atoms with van der Waals surface area (Å²) in [5, 5.41) is 3.42. The maximum Gasteiger partial charge on any atom is 0.136 e. The van der Waals surface area contributed by atoms with Crippen LogP contribution < -0.4 is 15.1 Å². The summed E-state index contributed by atoms with van der Waals surface area (Å²) in [6, 6.07) is 10.7. The zero-order chi connectivity index (χ0) is 17.6. The van der Waals surface area contributed by atoms with Gasteiger partial charge in [0, 0.05) is 43.6 Å². The third-order valence-corrected chi connectivity index (χ3v) is 4.77. The first-order valence-electron chi connectivity index (χ1n) is 9.42. The molecule has 5 heteroatoms. The summed E-state index contributed by atoms with van der Waals surface area (Å²) in [7, 11) is 0. The molecule has 0 spiro atoms. The van der Waals surface area contributed by atoms with Crippen molar-refractivity contribution in [3.63, 3.8) is 0 Å². The summed E-state index contributed by atoms with van der Waals surface area (Å²) in [6.07, 6.45) is 3.96.